The summed E-state index contributed by atoms with van der Waals surface area (Å²) in [6.07, 6.45) is 0. The summed E-state index contributed by atoms with van der Waals surface area (Å²) in [4.78, 5) is 15.3. The molecule has 2 aromatic heterocycles. The van der Waals surface area contributed by atoms with Gasteiger partial charge in [0.05, 0.1) is 24.4 Å². The van der Waals surface area contributed by atoms with Gasteiger partial charge in [-0.05, 0) is 23.8 Å². The maximum absolute atomic E-state index is 11.1. The molecular formula is C15H14N2O3S. The lowest BCUT2D eigenvalue weighted by Crippen LogP contribution is -2.03. The number of carbonyl (C=O) groups is 1. The molecule has 3 rings (SSSR count). The number of carboxylic acid groups (broad SMARTS) is 1. The van der Waals surface area contributed by atoms with Crippen LogP contribution in [-0.4, -0.2) is 20.6 Å². The average Bonchev–Trinajstić information content (AvgIpc) is 3.07. The molecule has 2 heterocycles. The third-order valence-corrected chi connectivity index (χ3v) is 3.96. The van der Waals surface area contributed by atoms with Crippen molar-refractivity contribution in [3.8, 4) is 0 Å². The zero-order chi connectivity index (χ0) is 14.8. The normalized spacial score (nSPS) is 11.1. The lowest BCUT2D eigenvalue weighted by atomic mass is 10.1. The van der Waals surface area contributed by atoms with Crippen LogP contribution < -0.4 is 0 Å². The highest BCUT2D eigenvalue weighted by Gasteiger charge is 2.12. The molecule has 1 N–H and O–H groups in total. The van der Waals surface area contributed by atoms with Crippen LogP contribution in [0.5, 0.6) is 0 Å². The van der Waals surface area contributed by atoms with Gasteiger partial charge in [0.25, 0.3) is 0 Å². The van der Waals surface area contributed by atoms with E-state index in [2.05, 4.69) is 4.98 Å². The Hall–Kier alpha value is -2.18. The topological polar surface area (TPSA) is 64.4 Å². The summed E-state index contributed by atoms with van der Waals surface area (Å²) in [5.41, 5.74) is 4.90. The Balaban J connectivity index is 1.76. The van der Waals surface area contributed by atoms with E-state index < -0.39 is 5.97 Å². The molecule has 0 aliphatic rings. The molecule has 6 heteroatoms. The van der Waals surface area contributed by atoms with Gasteiger partial charge in [-0.1, -0.05) is 6.07 Å². The zero-order valence-electron chi connectivity index (χ0n) is 11.4. The van der Waals surface area contributed by atoms with Gasteiger partial charge in [0.15, 0.2) is 0 Å². The van der Waals surface area contributed by atoms with Crippen LogP contribution in [0.3, 0.4) is 0 Å². The summed E-state index contributed by atoms with van der Waals surface area (Å²) in [6, 6.07) is 7.52. The van der Waals surface area contributed by atoms with Crippen molar-refractivity contribution >= 4 is 28.2 Å². The number of aryl methyl sites for hydroxylation is 1. The molecule has 0 spiro atoms. The standard InChI is InChI=1S/C15H14N2O3S/c1-17-13-3-2-10(4-11(13)5-14(17)15(18)19)6-20-7-12-8-21-9-16-12/h2-5,8-9H,6-7H2,1H3,(H,18,19). The van der Waals surface area contributed by atoms with Crippen molar-refractivity contribution < 1.29 is 14.6 Å². The van der Waals surface area contributed by atoms with Crippen molar-refractivity contribution in [2.24, 2.45) is 7.05 Å². The maximum atomic E-state index is 11.1. The van der Waals surface area contributed by atoms with Gasteiger partial charge in [-0.25, -0.2) is 9.78 Å². The lowest BCUT2D eigenvalue weighted by molar-refractivity contribution is 0.0687. The minimum absolute atomic E-state index is 0.283. The monoisotopic (exact) mass is 302 g/mol. The van der Waals surface area contributed by atoms with Gasteiger partial charge in [0.2, 0.25) is 0 Å². The fourth-order valence-electron chi connectivity index (χ4n) is 2.28. The van der Waals surface area contributed by atoms with Crippen molar-refractivity contribution in [3.05, 3.63) is 52.1 Å². The molecule has 0 unspecified atom stereocenters. The van der Waals surface area contributed by atoms with E-state index in [1.54, 1.807) is 34.5 Å². The quantitative estimate of drug-likeness (QED) is 0.786. The first-order valence-electron chi connectivity index (χ1n) is 6.41. The Morgan fingerprint density at radius 2 is 2.24 bits per heavy atom. The van der Waals surface area contributed by atoms with Crippen LogP contribution in [0.4, 0.5) is 0 Å². The lowest BCUT2D eigenvalue weighted by Gasteiger charge is -2.04. The number of nitrogens with zero attached hydrogens (tertiary/aromatic N) is 2. The van der Waals surface area contributed by atoms with Gasteiger partial charge in [0, 0.05) is 23.3 Å². The summed E-state index contributed by atoms with van der Waals surface area (Å²) in [5, 5.41) is 12.0. The summed E-state index contributed by atoms with van der Waals surface area (Å²) in [5.74, 6) is -0.921. The van der Waals surface area contributed by atoms with Gasteiger partial charge in [0.1, 0.15) is 5.69 Å². The van der Waals surface area contributed by atoms with Crippen LogP contribution in [0, 0.1) is 0 Å². The van der Waals surface area contributed by atoms with Crippen molar-refractivity contribution in [2.75, 3.05) is 0 Å². The number of benzene rings is 1. The minimum atomic E-state index is -0.921. The van der Waals surface area contributed by atoms with Crippen molar-refractivity contribution in [1.82, 2.24) is 9.55 Å². The molecular weight excluding hydrogens is 288 g/mol. The molecule has 3 aromatic rings. The predicted octanol–water partition coefficient (Wildman–Crippen LogP) is 3.05. The largest absolute Gasteiger partial charge is 0.477 e. The van der Waals surface area contributed by atoms with Crippen LogP contribution in [0.15, 0.2) is 35.2 Å². The molecule has 0 saturated heterocycles. The van der Waals surface area contributed by atoms with Gasteiger partial charge < -0.3 is 14.4 Å². The first-order chi connectivity index (χ1) is 10.1. The summed E-state index contributed by atoms with van der Waals surface area (Å²) in [7, 11) is 1.75. The van der Waals surface area contributed by atoms with Gasteiger partial charge in [-0.2, -0.15) is 0 Å². The van der Waals surface area contributed by atoms with Crippen LogP contribution in [0.25, 0.3) is 10.9 Å². The van der Waals surface area contributed by atoms with E-state index in [-0.39, 0.29) is 5.69 Å². The highest BCUT2D eigenvalue weighted by Crippen LogP contribution is 2.21. The number of fused-ring (bicyclic) bond motifs is 1. The second-order valence-electron chi connectivity index (χ2n) is 4.76. The summed E-state index contributed by atoms with van der Waals surface area (Å²) >= 11 is 1.55. The number of hydrogen-bond acceptors (Lipinski definition) is 4. The van der Waals surface area contributed by atoms with Crippen LogP contribution in [-0.2, 0) is 25.0 Å². The zero-order valence-corrected chi connectivity index (χ0v) is 12.3. The van der Waals surface area contributed by atoms with Gasteiger partial charge >= 0.3 is 5.97 Å². The molecule has 0 fully saturated rings. The van der Waals surface area contributed by atoms with Crippen LogP contribution >= 0.6 is 11.3 Å². The van der Waals surface area contributed by atoms with Gasteiger partial charge in [-0.15, -0.1) is 11.3 Å². The molecule has 5 nitrogen and oxygen atoms in total. The van der Waals surface area contributed by atoms with Crippen LogP contribution in [0.1, 0.15) is 21.7 Å². The van der Waals surface area contributed by atoms with Crippen molar-refractivity contribution in [2.45, 2.75) is 13.2 Å². The molecule has 0 bridgehead atoms. The third kappa shape index (κ3) is 2.81. The smallest absolute Gasteiger partial charge is 0.352 e. The summed E-state index contributed by atoms with van der Waals surface area (Å²) < 4.78 is 7.30. The fraction of sp³-hybridized carbons (Fsp3) is 0.200. The molecule has 108 valence electrons. The van der Waals surface area contributed by atoms with E-state index >= 15 is 0 Å². The molecule has 0 radical (unpaired) electrons. The van der Waals surface area contributed by atoms with Crippen molar-refractivity contribution in [3.63, 3.8) is 0 Å². The molecule has 0 saturated carbocycles. The molecule has 0 aliphatic carbocycles. The van der Waals surface area contributed by atoms with E-state index in [0.717, 1.165) is 22.2 Å². The molecule has 0 aliphatic heterocycles. The Morgan fingerprint density at radius 3 is 2.95 bits per heavy atom. The Morgan fingerprint density at radius 1 is 1.38 bits per heavy atom. The predicted molar refractivity (Wildman–Crippen MR) is 80.5 cm³/mol. The first kappa shape index (κ1) is 13.8. The van der Waals surface area contributed by atoms with Crippen LogP contribution in [0.2, 0.25) is 0 Å². The second-order valence-corrected chi connectivity index (χ2v) is 5.48. The third-order valence-electron chi connectivity index (χ3n) is 3.33. The van der Waals surface area contributed by atoms with E-state index in [0.29, 0.717) is 13.2 Å². The average molecular weight is 302 g/mol. The van der Waals surface area contributed by atoms with Gasteiger partial charge in [-0.3, -0.25) is 0 Å². The number of rotatable bonds is 5. The maximum Gasteiger partial charge on any atom is 0.352 e. The highest BCUT2D eigenvalue weighted by molar-refractivity contribution is 7.07. The van der Waals surface area contributed by atoms with E-state index in [9.17, 15) is 4.79 Å². The fourth-order valence-corrected chi connectivity index (χ4v) is 2.82. The Bertz CT molecular complexity index is 778. The Labute approximate surface area is 125 Å². The van der Waals surface area contributed by atoms with Crippen molar-refractivity contribution in [1.29, 1.82) is 0 Å². The number of aromatic nitrogens is 2. The first-order valence-corrected chi connectivity index (χ1v) is 7.36. The van der Waals surface area contributed by atoms with E-state index in [4.69, 9.17) is 9.84 Å². The number of aromatic carboxylic acids is 1. The molecule has 0 atom stereocenters. The minimum Gasteiger partial charge on any atom is -0.477 e. The summed E-state index contributed by atoms with van der Waals surface area (Å²) in [6.45, 7) is 0.960. The number of ether oxygens (including phenoxy) is 1. The number of thiazole rings is 1. The highest BCUT2D eigenvalue weighted by atomic mass is 32.1. The number of carboxylic acids is 1. The van der Waals surface area contributed by atoms with E-state index in [1.807, 2.05) is 23.6 Å². The molecule has 0 amide bonds. The molecule has 1 aromatic carbocycles. The molecule has 21 heavy (non-hydrogen) atoms. The number of hydrogen-bond donors (Lipinski definition) is 1. The Kier molecular flexibility index (Phi) is 3.72. The van der Waals surface area contributed by atoms with E-state index in [1.165, 1.54) is 0 Å². The second kappa shape index (κ2) is 5.67. The SMILES string of the molecule is Cn1c(C(=O)O)cc2cc(COCc3cscn3)ccc21.